The lowest BCUT2D eigenvalue weighted by molar-refractivity contribution is 0.267. The largest absolute Gasteiger partial charge is 0.355 e. The highest BCUT2D eigenvalue weighted by molar-refractivity contribution is 7.90. The normalized spacial score (nSPS) is 21.6. The maximum Gasteiger partial charge on any atom is 0.191 e. The van der Waals surface area contributed by atoms with Crippen molar-refractivity contribution >= 4 is 15.8 Å². The highest BCUT2D eigenvalue weighted by atomic mass is 32.2. The number of sulfone groups is 1. The van der Waals surface area contributed by atoms with Crippen LogP contribution in [0.5, 0.6) is 0 Å². The van der Waals surface area contributed by atoms with Crippen molar-refractivity contribution in [2.24, 2.45) is 4.99 Å². The number of nitrogens with one attached hydrogen (secondary N) is 2. The lowest BCUT2D eigenvalue weighted by atomic mass is 10.2. The van der Waals surface area contributed by atoms with Gasteiger partial charge in [-0.2, -0.15) is 0 Å². The summed E-state index contributed by atoms with van der Waals surface area (Å²) >= 11 is 0. The predicted molar refractivity (Wildman–Crippen MR) is 79.3 cm³/mol. The molecule has 1 aliphatic rings. The molecule has 1 unspecified atom stereocenters. The highest BCUT2D eigenvalue weighted by Gasteiger charge is 2.22. The predicted octanol–water partition coefficient (Wildman–Crippen LogP) is -0.320. The fraction of sp³-hybridized carbons (Fsp3) is 0.917. The molecule has 0 aromatic carbocycles. The van der Waals surface area contributed by atoms with Crippen LogP contribution in [-0.2, 0) is 9.84 Å². The molecule has 1 atom stereocenters. The Labute approximate surface area is 116 Å². The molecule has 112 valence electrons. The Morgan fingerprint density at radius 1 is 1.42 bits per heavy atom. The first-order valence-electron chi connectivity index (χ1n) is 6.82. The van der Waals surface area contributed by atoms with Gasteiger partial charge in [-0.05, 0) is 25.9 Å². The molecule has 1 heterocycles. The van der Waals surface area contributed by atoms with E-state index >= 15 is 0 Å². The summed E-state index contributed by atoms with van der Waals surface area (Å²) in [5.74, 6) is 0.796. The first kappa shape index (κ1) is 16.2. The van der Waals surface area contributed by atoms with E-state index in [1.54, 1.807) is 7.05 Å². The van der Waals surface area contributed by atoms with Gasteiger partial charge >= 0.3 is 0 Å². The van der Waals surface area contributed by atoms with Crippen LogP contribution in [0.15, 0.2) is 4.99 Å². The Hall–Kier alpha value is -0.820. The zero-order valence-electron chi connectivity index (χ0n) is 12.1. The second kappa shape index (κ2) is 7.69. The number of hydrogen-bond acceptors (Lipinski definition) is 4. The maximum absolute atomic E-state index is 11.0. The van der Waals surface area contributed by atoms with Gasteiger partial charge in [0.2, 0.25) is 0 Å². The summed E-state index contributed by atoms with van der Waals surface area (Å²) in [5, 5.41) is 6.29. The van der Waals surface area contributed by atoms with E-state index < -0.39 is 9.84 Å². The number of nitrogens with zero attached hydrogens (tertiary/aromatic N) is 2. The van der Waals surface area contributed by atoms with E-state index in [1.807, 2.05) is 0 Å². The summed E-state index contributed by atoms with van der Waals surface area (Å²) < 4.78 is 22.1. The van der Waals surface area contributed by atoms with Crippen molar-refractivity contribution in [3.8, 4) is 0 Å². The molecule has 0 aromatic rings. The fourth-order valence-electron chi connectivity index (χ4n) is 2.33. The minimum atomic E-state index is -2.92. The molecule has 1 aliphatic heterocycles. The van der Waals surface area contributed by atoms with Crippen LogP contribution in [0.2, 0.25) is 0 Å². The summed E-state index contributed by atoms with van der Waals surface area (Å²) in [7, 11) is -1.23. The number of likely N-dealkylation sites (N-methyl/N-ethyl adjacent to an activating group) is 1. The van der Waals surface area contributed by atoms with Gasteiger partial charge in [-0.3, -0.25) is 9.89 Å². The SMILES string of the molecule is CCN1CCCC1CNC(=NC)NCCS(C)(=O)=O. The van der Waals surface area contributed by atoms with Crippen LogP contribution < -0.4 is 10.6 Å². The molecule has 0 radical (unpaired) electrons. The van der Waals surface area contributed by atoms with Gasteiger partial charge < -0.3 is 10.6 Å². The van der Waals surface area contributed by atoms with Crippen molar-refractivity contribution in [2.45, 2.75) is 25.8 Å². The molecule has 19 heavy (non-hydrogen) atoms. The summed E-state index contributed by atoms with van der Waals surface area (Å²) in [6.07, 6.45) is 3.70. The average molecular weight is 290 g/mol. The Balaban J connectivity index is 2.29. The molecule has 1 saturated heterocycles. The van der Waals surface area contributed by atoms with Crippen LogP contribution in [0.25, 0.3) is 0 Å². The number of likely N-dealkylation sites (tertiary alicyclic amines) is 1. The lowest BCUT2D eigenvalue weighted by Crippen LogP contribution is -2.45. The van der Waals surface area contributed by atoms with Crippen LogP contribution in [-0.4, -0.2) is 70.6 Å². The first-order chi connectivity index (χ1) is 8.96. The number of aliphatic imine (C=N–C) groups is 1. The topological polar surface area (TPSA) is 73.8 Å². The third-order valence-electron chi connectivity index (χ3n) is 3.40. The molecule has 0 bridgehead atoms. The van der Waals surface area contributed by atoms with Crippen LogP contribution in [0.1, 0.15) is 19.8 Å². The smallest absolute Gasteiger partial charge is 0.191 e. The van der Waals surface area contributed by atoms with E-state index in [0.29, 0.717) is 18.5 Å². The van der Waals surface area contributed by atoms with Crippen molar-refractivity contribution in [1.82, 2.24) is 15.5 Å². The van der Waals surface area contributed by atoms with Gasteiger partial charge in [-0.25, -0.2) is 8.42 Å². The summed E-state index contributed by atoms with van der Waals surface area (Å²) in [4.78, 5) is 6.56. The third-order valence-corrected chi connectivity index (χ3v) is 4.34. The van der Waals surface area contributed by atoms with Gasteiger partial charge in [0, 0.05) is 32.4 Å². The standard InChI is InChI=1S/C12H26N4O2S/c1-4-16-8-5-6-11(16)10-15-12(13-2)14-7-9-19(3,17)18/h11H,4-10H2,1-3H3,(H2,13,14,15). The molecule has 0 aliphatic carbocycles. The molecule has 2 N–H and O–H groups in total. The van der Waals surface area contributed by atoms with E-state index in [-0.39, 0.29) is 5.75 Å². The van der Waals surface area contributed by atoms with E-state index in [1.165, 1.54) is 25.6 Å². The second-order valence-corrected chi connectivity index (χ2v) is 7.19. The third kappa shape index (κ3) is 6.24. The molecular formula is C12H26N4O2S. The van der Waals surface area contributed by atoms with Crippen LogP contribution in [0, 0.1) is 0 Å². The van der Waals surface area contributed by atoms with Crippen molar-refractivity contribution in [1.29, 1.82) is 0 Å². The summed E-state index contributed by atoms with van der Waals surface area (Å²) in [6.45, 7) is 5.67. The number of hydrogen-bond donors (Lipinski definition) is 2. The summed E-state index contributed by atoms with van der Waals surface area (Å²) in [6, 6.07) is 0.554. The van der Waals surface area contributed by atoms with Crippen molar-refractivity contribution in [2.75, 3.05) is 45.2 Å². The Morgan fingerprint density at radius 2 is 2.16 bits per heavy atom. The molecule has 0 amide bonds. The van der Waals surface area contributed by atoms with Crippen molar-refractivity contribution < 1.29 is 8.42 Å². The fourth-order valence-corrected chi connectivity index (χ4v) is 2.81. The highest BCUT2D eigenvalue weighted by Crippen LogP contribution is 2.15. The summed E-state index contributed by atoms with van der Waals surface area (Å²) in [5.41, 5.74) is 0. The zero-order chi connectivity index (χ0) is 14.3. The van der Waals surface area contributed by atoms with Gasteiger partial charge in [-0.1, -0.05) is 6.92 Å². The van der Waals surface area contributed by atoms with Gasteiger partial charge in [0.25, 0.3) is 0 Å². The maximum atomic E-state index is 11.0. The van der Waals surface area contributed by atoms with Crippen LogP contribution >= 0.6 is 0 Å². The number of guanidine groups is 1. The van der Waals surface area contributed by atoms with Crippen LogP contribution in [0.4, 0.5) is 0 Å². The van der Waals surface area contributed by atoms with E-state index in [9.17, 15) is 8.42 Å². The quantitative estimate of drug-likeness (QED) is 0.518. The molecule has 0 saturated carbocycles. The molecule has 1 rings (SSSR count). The molecule has 0 aromatic heterocycles. The van der Waals surface area contributed by atoms with Gasteiger partial charge in [0.1, 0.15) is 9.84 Å². The molecule has 0 spiro atoms. The van der Waals surface area contributed by atoms with E-state index in [0.717, 1.165) is 13.1 Å². The first-order valence-corrected chi connectivity index (χ1v) is 8.88. The zero-order valence-corrected chi connectivity index (χ0v) is 13.0. The minimum Gasteiger partial charge on any atom is -0.355 e. The molecule has 6 nitrogen and oxygen atoms in total. The number of rotatable bonds is 6. The Kier molecular flexibility index (Phi) is 6.57. The van der Waals surface area contributed by atoms with E-state index in [4.69, 9.17) is 0 Å². The minimum absolute atomic E-state index is 0.123. The van der Waals surface area contributed by atoms with Crippen LogP contribution in [0.3, 0.4) is 0 Å². The van der Waals surface area contributed by atoms with E-state index in [2.05, 4.69) is 27.4 Å². The molecule has 1 fully saturated rings. The van der Waals surface area contributed by atoms with Gasteiger partial charge in [0.05, 0.1) is 5.75 Å². The molecular weight excluding hydrogens is 264 g/mol. The monoisotopic (exact) mass is 290 g/mol. The second-order valence-electron chi connectivity index (χ2n) is 4.93. The Morgan fingerprint density at radius 3 is 2.74 bits per heavy atom. The van der Waals surface area contributed by atoms with Gasteiger partial charge in [-0.15, -0.1) is 0 Å². The van der Waals surface area contributed by atoms with Crippen molar-refractivity contribution in [3.05, 3.63) is 0 Å². The average Bonchev–Trinajstić information content (AvgIpc) is 2.79. The van der Waals surface area contributed by atoms with Crippen molar-refractivity contribution in [3.63, 3.8) is 0 Å². The lowest BCUT2D eigenvalue weighted by Gasteiger charge is -2.23. The molecule has 7 heteroatoms. The Bertz CT molecular complexity index is 395. The van der Waals surface area contributed by atoms with Gasteiger partial charge in [0.15, 0.2) is 5.96 Å².